The molecule has 0 bridgehead atoms. The molecule has 112 valence electrons. The molecule has 0 saturated heterocycles. The molecule has 2 rings (SSSR count). The van der Waals surface area contributed by atoms with Crippen molar-refractivity contribution in [3.8, 4) is 0 Å². The fourth-order valence-corrected chi connectivity index (χ4v) is 2.81. The summed E-state index contributed by atoms with van der Waals surface area (Å²) in [5.41, 5.74) is 1.18. The number of imidazole rings is 1. The third-order valence-corrected chi connectivity index (χ3v) is 4.02. The van der Waals surface area contributed by atoms with Gasteiger partial charge in [-0.15, -0.1) is 11.3 Å². The summed E-state index contributed by atoms with van der Waals surface area (Å²) in [6, 6.07) is 0.440. The molecular weight excluding hydrogens is 272 g/mol. The van der Waals surface area contributed by atoms with Crippen LogP contribution >= 0.6 is 11.3 Å². The van der Waals surface area contributed by atoms with Gasteiger partial charge >= 0.3 is 0 Å². The summed E-state index contributed by atoms with van der Waals surface area (Å²) < 4.78 is 2.15. The minimum absolute atomic E-state index is 0.279. The molecule has 0 radical (unpaired) electrons. The fraction of sp³-hybridized carbons (Fsp3) is 0.643. The van der Waals surface area contributed by atoms with Crippen LogP contribution in [-0.2, 0) is 6.54 Å². The molecule has 2 N–H and O–H groups in total. The van der Waals surface area contributed by atoms with Gasteiger partial charge in [0.05, 0.1) is 11.8 Å². The molecule has 0 spiro atoms. The van der Waals surface area contributed by atoms with E-state index in [4.69, 9.17) is 4.98 Å². The van der Waals surface area contributed by atoms with Crippen LogP contribution in [0, 0.1) is 0 Å². The summed E-state index contributed by atoms with van der Waals surface area (Å²) in [6.45, 7) is 7.70. The molecule has 5 nitrogen and oxygen atoms in total. The lowest BCUT2D eigenvalue weighted by Crippen LogP contribution is -2.27. The van der Waals surface area contributed by atoms with E-state index in [0.717, 1.165) is 30.3 Å². The van der Waals surface area contributed by atoms with Crippen LogP contribution in [0.4, 0.5) is 5.82 Å². The Morgan fingerprint density at radius 1 is 1.45 bits per heavy atom. The topological polar surface area (TPSA) is 52.8 Å². The Morgan fingerprint density at radius 2 is 2.20 bits per heavy atom. The van der Waals surface area contributed by atoms with Crippen molar-refractivity contribution in [3.63, 3.8) is 0 Å². The quantitative estimate of drug-likeness (QED) is 0.821. The summed E-state index contributed by atoms with van der Waals surface area (Å²) >= 11 is 1.65. The highest BCUT2D eigenvalue weighted by Gasteiger charge is 2.16. The van der Waals surface area contributed by atoms with Crippen molar-refractivity contribution in [2.24, 2.45) is 0 Å². The van der Waals surface area contributed by atoms with Crippen molar-refractivity contribution < 1.29 is 5.11 Å². The van der Waals surface area contributed by atoms with Crippen molar-refractivity contribution >= 4 is 22.1 Å². The van der Waals surface area contributed by atoms with Gasteiger partial charge in [-0.2, -0.15) is 0 Å². The van der Waals surface area contributed by atoms with Gasteiger partial charge in [0.1, 0.15) is 0 Å². The third-order valence-electron chi connectivity index (χ3n) is 3.26. The number of aliphatic hydroxyl groups is 1. The third kappa shape index (κ3) is 3.50. The van der Waals surface area contributed by atoms with E-state index >= 15 is 0 Å². The lowest BCUT2D eigenvalue weighted by atomic mass is 10.2. The molecule has 0 saturated carbocycles. The summed E-state index contributed by atoms with van der Waals surface area (Å²) in [6.07, 6.45) is 2.54. The number of nitrogens with zero attached hydrogens (tertiary/aromatic N) is 3. The van der Waals surface area contributed by atoms with E-state index in [9.17, 15) is 5.11 Å². The van der Waals surface area contributed by atoms with E-state index in [1.807, 2.05) is 14.0 Å². The van der Waals surface area contributed by atoms with Gasteiger partial charge in [0.25, 0.3) is 0 Å². The summed E-state index contributed by atoms with van der Waals surface area (Å²) in [5.74, 6) is 1.01. The number of anilines is 1. The molecule has 0 aromatic carbocycles. The molecule has 0 aliphatic carbocycles. The zero-order valence-corrected chi connectivity index (χ0v) is 13.4. The first-order valence-corrected chi connectivity index (χ1v) is 7.94. The van der Waals surface area contributed by atoms with Gasteiger partial charge in [-0.05, 0) is 13.3 Å². The van der Waals surface area contributed by atoms with Gasteiger partial charge in [-0.1, -0.05) is 13.8 Å². The molecule has 0 aliphatic rings. The molecule has 2 heterocycles. The highest BCUT2D eigenvalue weighted by molar-refractivity contribution is 7.15. The lowest BCUT2D eigenvalue weighted by molar-refractivity contribution is 0.187. The van der Waals surface area contributed by atoms with Crippen molar-refractivity contribution in [2.45, 2.75) is 45.9 Å². The monoisotopic (exact) mass is 296 g/mol. The van der Waals surface area contributed by atoms with Crippen LogP contribution < -0.4 is 10.2 Å². The number of thiazole rings is 1. The second kappa shape index (κ2) is 6.56. The van der Waals surface area contributed by atoms with E-state index < -0.39 is 0 Å². The minimum atomic E-state index is -0.279. The van der Waals surface area contributed by atoms with Crippen molar-refractivity contribution in [1.29, 1.82) is 0 Å². The van der Waals surface area contributed by atoms with Crippen molar-refractivity contribution in [2.75, 3.05) is 18.5 Å². The van der Waals surface area contributed by atoms with Gasteiger partial charge in [-0.25, -0.2) is 4.98 Å². The Bertz CT molecular complexity index is 546. The second-order valence-corrected chi connectivity index (χ2v) is 6.41. The number of nitrogens with one attached hydrogen (secondary N) is 1. The Hall–Kier alpha value is -1.11. The predicted molar refractivity (Wildman–Crippen MR) is 84.6 cm³/mol. The zero-order valence-electron chi connectivity index (χ0n) is 12.6. The normalized spacial score (nSPS) is 13.3. The van der Waals surface area contributed by atoms with E-state index in [-0.39, 0.29) is 6.10 Å². The molecule has 2 aromatic rings. The second-order valence-electron chi connectivity index (χ2n) is 5.53. The van der Waals surface area contributed by atoms with Crippen molar-refractivity contribution in [1.82, 2.24) is 14.7 Å². The first-order valence-electron chi connectivity index (χ1n) is 7.06. The highest BCUT2D eigenvalue weighted by Crippen LogP contribution is 2.24. The molecule has 0 aliphatic heterocycles. The average molecular weight is 296 g/mol. The van der Waals surface area contributed by atoms with Gasteiger partial charge in [0.15, 0.2) is 10.8 Å². The molecule has 0 fully saturated rings. The minimum Gasteiger partial charge on any atom is -0.393 e. The Morgan fingerprint density at radius 3 is 2.85 bits per heavy atom. The Balaban J connectivity index is 2.21. The molecular formula is C14H24N4OS. The van der Waals surface area contributed by atoms with Crippen molar-refractivity contribution in [3.05, 3.63) is 17.3 Å². The van der Waals surface area contributed by atoms with Crippen LogP contribution in [0.1, 0.15) is 32.9 Å². The summed E-state index contributed by atoms with van der Waals surface area (Å²) in [4.78, 5) is 7.86. The van der Waals surface area contributed by atoms with E-state index in [0.29, 0.717) is 6.04 Å². The molecule has 1 unspecified atom stereocenters. The number of aliphatic hydroxyl groups excluding tert-OH is 1. The maximum atomic E-state index is 9.43. The number of aromatic nitrogens is 2. The molecule has 2 aromatic heterocycles. The molecule has 0 amide bonds. The van der Waals surface area contributed by atoms with Gasteiger partial charge < -0.3 is 15.3 Å². The average Bonchev–Trinajstić information content (AvgIpc) is 2.93. The highest BCUT2D eigenvalue weighted by atomic mass is 32.1. The smallest absolute Gasteiger partial charge is 0.195 e. The van der Waals surface area contributed by atoms with Crippen LogP contribution in [0.2, 0.25) is 0 Å². The SMILES string of the molecule is CC(O)CCN(C)c1nc2sccn2c1CNC(C)C. The van der Waals surface area contributed by atoms with Crippen LogP contribution in [0.15, 0.2) is 11.6 Å². The summed E-state index contributed by atoms with van der Waals surface area (Å²) in [5, 5.41) is 14.9. The first kappa shape index (κ1) is 15.3. The summed E-state index contributed by atoms with van der Waals surface area (Å²) in [7, 11) is 2.04. The number of fused-ring (bicyclic) bond motifs is 1. The number of hydrogen-bond donors (Lipinski definition) is 2. The maximum Gasteiger partial charge on any atom is 0.195 e. The molecule has 20 heavy (non-hydrogen) atoms. The number of rotatable bonds is 7. The fourth-order valence-electron chi connectivity index (χ4n) is 2.08. The first-order chi connectivity index (χ1) is 9.49. The van der Waals surface area contributed by atoms with Crippen LogP contribution in [0.5, 0.6) is 0 Å². The van der Waals surface area contributed by atoms with Gasteiger partial charge in [0.2, 0.25) is 0 Å². The van der Waals surface area contributed by atoms with E-state index in [2.05, 4.69) is 40.0 Å². The van der Waals surface area contributed by atoms with E-state index in [1.54, 1.807) is 11.3 Å². The van der Waals surface area contributed by atoms with E-state index in [1.165, 1.54) is 5.69 Å². The maximum absolute atomic E-state index is 9.43. The Kier molecular flexibility index (Phi) is 5.01. The molecule has 6 heteroatoms. The number of hydrogen-bond acceptors (Lipinski definition) is 5. The largest absolute Gasteiger partial charge is 0.393 e. The van der Waals surface area contributed by atoms with Crippen LogP contribution in [-0.4, -0.2) is 40.2 Å². The Labute approximate surface area is 124 Å². The van der Waals surface area contributed by atoms with Gasteiger partial charge in [-0.3, -0.25) is 4.40 Å². The van der Waals surface area contributed by atoms with Crippen LogP contribution in [0.3, 0.4) is 0 Å². The lowest BCUT2D eigenvalue weighted by Gasteiger charge is -2.19. The standard InChI is InChI=1S/C14H24N4OS/c1-10(2)15-9-12-13(17(4)6-5-11(3)19)16-14-18(12)7-8-20-14/h7-8,10-11,15,19H,5-6,9H2,1-4H3. The molecule has 1 atom stereocenters. The predicted octanol–water partition coefficient (Wildman–Crippen LogP) is 2.10. The zero-order chi connectivity index (χ0) is 14.7. The van der Waals surface area contributed by atoms with Gasteiger partial charge in [0, 0.05) is 37.8 Å². The van der Waals surface area contributed by atoms with Crippen LogP contribution in [0.25, 0.3) is 4.96 Å².